The largest absolute Gasteiger partial charge is 0.311 e. The van der Waals surface area contributed by atoms with Crippen LogP contribution in [-0.2, 0) is 0 Å². The fraction of sp³-hybridized carbons (Fsp3) is 1.00. The molecular formula is C12H28N2. The Bertz CT molecular complexity index is 121. The topological polar surface area (TPSA) is 15.3 Å². The Hall–Kier alpha value is -0.0800. The normalized spacial score (nSPS) is 15.9. The average molecular weight is 200 g/mol. The van der Waals surface area contributed by atoms with Crippen LogP contribution < -0.4 is 5.32 Å². The van der Waals surface area contributed by atoms with Crippen molar-refractivity contribution in [2.75, 3.05) is 19.6 Å². The van der Waals surface area contributed by atoms with Gasteiger partial charge >= 0.3 is 0 Å². The molecule has 0 aromatic rings. The molecule has 0 aromatic heterocycles. The van der Waals surface area contributed by atoms with E-state index in [-0.39, 0.29) is 0 Å². The number of rotatable bonds is 8. The second-order valence-corrected chi connectivity index (χ2v) is 4.24. The zero-order valence-electron chi connectivity index (χ0n) is 10.6. The molecule has 2 heteroatoms. The van der Waals surface area contributed by atoms with Crippen molar-refractivity contribution in [1.29, 1.82) is 0 Å². The van der Waals surface area contributed by atoms with Gasteiger partial charge in [0.2, 0.25) is 0 Å². The van der Waals surface area contributed by atoms with Gasteiger partial charge in [-0.15, -0.1) is 0 Å². The molecule has 2 nitrogen and oxygen atoms in total. The van der Waals surface area contributed by atoms with Crippen molar-refractivity contribution in [3.63, 3.8) is 0 Å². The van der Waals surface area contributed by atoms with Gasteiger partial charge < -0.3 is 10.2 Å². The first kappa shape index (κ1) is 13.9. The lowest BCUT2D eigenvalue weighted by molar-refractivity contribution is 0.261. The summed E-state index contributed by atoms with van der Waals surface area (Å²) in [6, 6.07) is 1.27. The molecule has 0 fully saturated rings. The number of hydrogen-bond acceptors (Lipinski definition) is 2. The third-order valence-electron chi connectivity index (χ3n) is 2.72. The van der Waals surface area contributed by atoms with Crippen LogP contribution in [0.15, 0.2) is 0 Å². The zero-order chi connectivity index (χ0) is 11.0. The van der Waals surface area contributed by atoms with Crippen LogP contribution in [0.25, 0.3) is 0 Å². The summed E-state index contributed by atoms with van der Waals surface area (Å²) >= 11 is 0. The standard InChI is InChI=1S/C12H28N2/c1-6-9-11(4)13-12(5)10-14(7-2)8-3/h11-13H,6-10H2,1-5H3. The molecule has 0 aromatic carbocycles. The second-order valence-electron chi connectivity index (χ2n) is 4.24. The number of nitrogens with one attached hydrogen (secondary N) is 1. The lowest BCUT2D eigenvalue weighted by atomic mass is 10.1. The molecular weight excluding hydrogens is 172 g/mol. The smallest absolute Gasteiger partial charge is 0.0169 e. The van der Waals surface area contributed by atoms with E-state index >= 15 is 0 Å². The van der Waals surface area contributed by atoms with Gasteiger partial charge in [0, 0.05) is 18.6 Å². The Kier molecular flexibility index (Phi) is 8.20. The van der Waals surface area contributed by atoms with Gasteiger partial charge in [-0.1, -0.05) is 27.2 Å². The van der Waals surface area contributed by atoms with E-state index in [0.29, 0.717) is 12.1 Å². The van der Waals surface area contributed by atoms with Gasteiger partial charge in [-0.25, -0.2) is 0 Å². The predicted molar refractivity (Wildman–Crippen MR) is 64.8 cm³/mol. The molecule has 0 amide bonds. The maximum atomic E-state index is 3.64. The van der Waals surface area contributed by atoms with E-state index in [0.717, 1.165) is 13.1 Å². The Labute approximate surface area is 90.1 Å². The molecule has 14 heavy (non-hydrogen) atoms. The Morgan fingerprint density at radius 3 is 2.00 bits per heavy atom. The highest BCUT2D eigenvalue weighted by atomic mass is 15.1. The molecule has 0 saturated carbocycles. The highest BCUT2D eigenvalue weighted by molar-refractivity contribution is 4.70. The van der Waals surface area contributed by atoms with E-state index in [4.69, 9.17) is 0 Å². The first-order chi connectivity index (χ1) is 6.63. The van der Waals surface area contributed by atoms with Crippen LogP contribution in [0, 0.1) is 0 Å². The van der Waals surface area contributed by atoms with Gasteiger partial charge in [-0.3, -0.25) is 0 Å². The lowest BCUT2D eigenvalue weighted by Gasteiger charge is -2.26. The van der Waals surface area contributed by atoms with E-state index < -0.39 is 0 Å². The van der Waals surface area contributed by atoms with Crippen LogP contribution in [-0.4, -0.2) is 36.6 Å². The summed E-state index contributed by atoms with van der Waals surface area (Å²) in [7, 11) is 0. The van der Waals surface area contributed by atoms with Gasteiger partial charge in [0.15, 0.2) is 0 Å². The molecule has 0 aliphatic carbocycles. The average Bonchev–Trinajstić information content (AvgIpc) is 2.14. The summed E-state index contributed by atoms with van der Waals surface area (Å²) in [6.07, 6.45) is 2.55. The fourth-order valence-corrected chi connectivity index (χ4v) is 1.92. The first-order valence-corrected chi connectivity index (χ1v) is 6.12. The van der Waals surface area contributed by atoms with E-state index in [2.05, 4.69) is 44.8 Å². The second kappa shape index (κ2) is 8.25. The van der Waals surface area contributed by atoms with Crippen molar-refractivity contribution >= 4 is 0 Å². The van der Waals surface area contributed by atoms with Gasteiger partial charge in [0.05, 0.1) is 0 Å². The first-order valence-electron chi connectivity index (χ1n) is 6.12. The lowest BCUT2D eigenvalue weighted by Crippen LogP contribution is -2.42. The van der Waals surface area contributed by atoms with Crippen LogP contribution in [0.1, 0.15) is 47.5 Å². The fourth-order valence-electron chi connectivity index (χ4n) is 1.92. The summed E-state index contributed by atoms with van der Waals surface area (Å²) in [5.41, 5.74) is 0. The molecule has 2 unspecified atom stereocenters. The van der Waals surface area contributed by atoms with Crippen LogP contribution >= 0.6 is 0 Å². The molecule has 0 aliphatic heterocycles. The molecule has 0 saturated heterocycles. The summed E-state index contributed by atoms with van der Waals surface area (Å²) in [6.45, 7) is 14.7. The molecule has 86 valence electrons. The highest BCUT2D eigenvalue weighted by Crippen LogP contribution is 1.98. The van der Waals surface area contributed by atoms with Crippen molar-refractivity contribution < 1.29 is 0 Å². The molecule has 0 aliphatic rings. The minimum atomic E-state index is 0.608. The van der Waals surface area contributed by atoms with Crippen LogP contribution in [0.4, 0.5) is 0 Å². The van der Waals surface area contributed by atoms with E-state index in [1.54, 1.807) is 0 Å². The van der Waals surface area contributed by atoms with Crippen molar-refractivity contribution in [2.45, 2.75) is 59.5 Å². The van der Waals surface area contributed by atoms with Gasteiger partial charge in [-0.2, -0.15) is 0 Å². The monoisotopic (exact) mass is 200 g/mol. The zero-order valence-corrected chi connectivity index (χ0v) is 10.6. The molecule has 0 spiro atoms. The van der Waals surface area contributed by atoms with Crippen molar-refractivity contribution in [1.82, 2.24) is 10.2 Å². The van der Waals surface area contributed by atoms with Crippen LogP contribution in [0.5, 0.6) is 0 Å². The SMILES string of the molecule is CCCC(C)NC(C)CN(CC)CC. The van der Waals surface area contributed by atoms with Crippen molar-refractivity contribution in [3.05, 3.63) is 0 Å². The molecule has 0 bridgehead atoms. The Balaban J connectivity index is 3.67. The van der Waals surface area contributed by atoms with Gasteiger partial charge in [0.25, 0.3) is 0 Å². The van der Waals surface area contributed by atoms with Crippen molar-refractivity contribution in [2.24, 2.45) is 0 Å². The minimum absolute atomic E-state index is 0.608. The molecule has 1 N–H and O–H groups in total. The summed E-state index contributed by atoms with van der Waals surface area (Å²) in [5, 5.41) is 3.64. The molecule has 0 radical (unpaired) electrons. The minimum Gasteiger partial charge on any atom is -0.311 e. The molecule has 0 heterocycles. The van der Waals surface area contributed by atoms with E-state index in [9.17, 15) is 0 Å². The summed E-state index contributed by atoms with van der Waals surface area (Å²) in [5.74, 6) is 0. The molecule has 0 rings (SSSR count). The Morgan fingerprint density at radius 1 is 1.00 bits per heavy atom. The third kappa shape index (κ3) is 6.39. The van der Waals surface area contributed by atoms with Gasteiger partial charge in [0.1, 0.15) is 0 Å². The maximum Gasteiger partial charge on any atom is 0.0169 e. The highest BCUT2D eigenvalue weighted by Gasteiger charge is 2.09. The van der Waals surface area contributed by atoms with E-state index in [1.165, 1.54) is 19.4 Å². The maximum absolute atomic E-state index is 3.64. The predicted octanol–water partition coefficient (Wildman–Crippen LogP) is 2.49. The third-order valence-corrected chi connectivity index (χ3v) is 2.72. The van der Waals surface area contributed by atoms with Crippen molar-refractivity contribution in [3.8, 4) is 0 Å². The van der Waals surface area contributed by atoms with Gasteiger partial charge in [-0.05, 0) is 33.4 Å². The number of hydrogen-bond donors (Lipinski definition) is 1. The summed E-state index contributed by atoms with van der Waals surface area (Å²) in [4.78, 5) is 2.47. The quantitative estimate of drug-likeness (QED) is 0.647. The van der Waals surface area contributed by atoms with Crippen LogP contribution in [0.2, 0.25) is 0 Å². The van der Waals surface area contributed by atoms with Crippen LogP contribution in [0.3, 0.4) is 0 Å². The Morgan fingerprint density at radius 2 is 1.57 bits per heavy atom. The number of likely N-dealkylation sites (N-methyl/N-ethyl adjacent to an activating group) is 1. The molecule has 2 atom stereocenters. The summed E-state index contributed by atoms with van der Waals surface area (Å²) < 4.78 is 0. The number of nitrogens with zero attached hydrogens (tertiary/aromatic N) is 1. The van der Waals surface area contributed by atoms with E-state index in [1.807, 2.05) is 0 Å².